The van der Waals surface area contributed by atoms with Gasteiger partial charge in [0.2, 0.25) is 0 Å². The molecule has 0 bridgehead atoms. The van der Waals surface area contributed by atoms with Crippen molar-refractivity contribution >= 4 is 34.3 Å². The fourth-order valence-electron chi connectivity index (χ4n) is 3.98. The molecule has 10 heteroatoms. The maximum atomic E-state index is 13.2. The van der Waals surface area contributed by atoms with E-state index < -0.39 is 11.8 Å². The first-order chi connectivity index (χ1) is 18.0. The average molecular weight is 498 g/mol. The van der Waals surface area contributed by atoms with Crippen LogP contribution in [-0.4, -0.2) is 43.5 Å². The number of aromatic nitrogens is 1. The van der Waals surface area contributed by atoms with Gasteiger partial charge in [-0.2, -0.15) is 0 Å². The number of pyridine rings is 1. The number of hydrogen-bond acceptors (Lipinski definition) is 7. The van der Waals surface area contributed by atoms with Crippen LogP contribution in [0.15, 0.2) is 66.7 Å². The van der Waals surface area contributed by atoms with Crippen molar-refractivity contribution in [1.29, 1.82) is 0 Å². The lowest BCUT2D eigenvalue weighted by Crippen LogP contribution is -2.41. The summed E-state index contributed by atoms with van der Waals surface area (Å²) in [5.74, 6) is 0.141. The summed E-state index contributed by atoms with van der Waals surface area (Å²) >= 11 is 0. The van der Waals surface area contributed by atoms with E-state index in [2.05, 4.69) is 16.2 Å². The van der Waals surface area contributed by atoms with Gasteiger partial charge in [0, 0.05) is 16.5 Å². The fourth-order valence-corrected chi connectivity index (χ4v) is 3.98. The number of anilines is 1. The summed E-state index contributed by atoms with van der Waals surface area (Å²) in [5.41, 5.74) is 7.84. The number of nitrogens with one attached hydrogen (secondary N) is 3. The Labute approximate surface area is 211 Å². The first-order valence-corrected chi connectivity index (χ1v) is 11.3. The van der Waals surface area contributed by atoms with Crippen LogP contribution in [0.5, 0.6) is 17.2 Å². The molecule has 1 aromatic heterocycles. The highest BCUT2D eigenvalue weighted by Gasteiger charge is 2.19. The van der Waals surface area contributed by atoms with E-state index >= 15 is 0 Å². The zero-order chi connectivity index (χ0) is 25.9. The summed E-state index contributed by atoms with van der Waals surface area (Å²) in [4.78, 5) is 42.1. The number of nitrogens with zero attached hydrogens (tertiary/aromatic N) is 1. The van der Waals surface area contributed by atoms with Gasteiger partial charge in [-0.25, -0.2) is 4.98 Å². The minimum absolute atomic E-state index is 0.133. The summed E-state index contributed by atoms with van der Waals surface area (Å²) < 4.78 is 16.1. The lowest BCUT2D eigenvalue weighted by Gasteiger charge is -2.18. The zero-order valence-electron chi connectivity index (χ0n) is 20.0. The molecule has 5 rings (SSSR count). The Balaban J connectivity index is 1.41. The van der Waals surface area contributed by atoms with Gasteiger partial charge in [-0.15, -0.1) is 0 Å². The number of ether oxygens (including phenoxy) is 3. The van der Waals surface area contributed by atoms with E-state index in [9.17, 15) is 14.4 Å². The van der Waals surface area contributed by atoms with Crippen molar-refractivity contribution < 1.29 is 28.6 Å². The molecule has 0 atom stereocenters. The van der Waals surface area contributed by atoms with Crippen molar-refractivity contribution in [1.82, 2.24) is 15.8 Å². The predicted octanol–water partition coefficient (Wildman–Crippen LogP) is 3.32. The summed E-state index contributed by atoms with van der Waals surface area (Å²) in [7, 11) is 3.10. The Morgan fingerprint density at radius 3 is 2.51 bits per heavy atom. The third-order valence-electron chi connectivity index (χ3n) is 5.81. The number of benzene rings is 3. The van der Waals surface area contributed by atoms with E-state index in [1.54, 1.807) is 56.7 Å². The van der Waals surface area contributed by atoms with E-state index in [0.717, 1.165) is 5.56 Å². The van der Waals surface area contributed by atoms with Crippen molar-refractivity contribution in [2.45, 2.75) is 0 Å². The minimum atomic E-state index is -0.546. The SMILES string of the molecule is COc1ccc(-c2cc(C(=O)NNC(=O)c3ccc4c(c3)OCC(=O)N4)c3ccccc3n2)cc1OC. The first-order valence-electron chi connectivity index (χ1n) is 11.3. The standard InChI is InChI=1S/C27H22N4O6/c1-35-22-10-8-15(11-24(22)36-2)21-13-18(17-5-3-4-6-19(17)28-21)27(34)31-30-26(33)16-7-9-20-23(12-16)37-14-25(32)29-20/h3-13H,14H2,1-2H3,(H,29,32)(H,30,33)(H,31,34). The van der Waals surface area contributed by atoms with Gasteiger partial charge in [-0.1, -0.05) is 18.2 Å². The number of amides is 3. The van der Waals surface area contributed by atoms with Crippen LogP contribution >= 0.6 is 0 Å². The molecule has 3 aromatic carbocycles. The molecule has 0 aliphatic carbocycles. The Hall–Kier alpha value is -5.12. The molecule has 0 fully saturated rings. The van der Waals surface area contributed by atoms with Crippen LogP contribution in [0.4, 0.5) is 5.69 Å². The number of para-hydroxylation sites is 1. The Morgan fingerprint density at radius 2 is 1.70 bits per heavy atom. The molecule has 37 heavy (non-hydrogen) atoms. The van der Waals surface area contributed by atoms with Crippen LogP contribution in [-0.2, 0) is 4.79 Å². The van der Waals surface area contributed by atoms with Crippen molar-refractivity contribution in [2.24, 2.45) is 0 Å². The van der Waals surface area contributed by atoms with Crippen molar-refractivity contribution in [3.63, 3.8) is 0 Å². The second-order valence-corrected chi connectivity index (χ2v) is 8.10. The lowest BCUT2D eigenvalue weighted by atomic mass is 10.0. The molecule has 0 unspecified atom stereocenters. The summed E-state index contributed by atoms with van der Waals surface area (Å²) in [6.45, 7) is -0.133. The fraction of sp³-hybridized carbons (Fsp3) is 0.111. The Bertz CT molecular complexity index is 1550. The number of carbonyl (C=O) groups excluding carboxylic acids is 3. The van der Waals surface area contributed by atoms with E-state index in [4.69, 9.17) is 19.2 Å². The summed E-state index contributed by atoms with van der Waals surface area (Å²) in [5, 5.41) is 3.28. The van der Waals surface area contributed by atoms with Crippen LogP contribution in [0.2, 0.25) is 0 Å². The van der Waals surface area contributed by atoms with Crippen LogP contribution in [0.25, 0.3) is 22.2 Å². The molecule has 186 valence electrons. The highest BCUT2D eigenvalue weighted by molar-refractivity contribution is 6.08. The molecular formula is C27H22N4O6. The molecule has 0 saturated carbocycles. The molecule has 1 aliphatic rings. The van der Waals surface area contributed by atoms with Gasteiger partial charge >= 0.3 is 0 Å². The number of fused-ring (bicyclic) bond motifs is 2. The third-order valence-corrected chi connectivity index (χ3v) is 5.81. The van der Waals surface area contributed by atoms with Gasteiger partial charge in [-0.3, -0.25) is 25.2 Å². The molecule has 10 nitrogen and oxygen atoms in total. The largest absolute Gasteiger partial charge is 0.493 e. The monoisotopic (exact) mass is 498 g/mol. The van der Waals surface area contributed by atoms with Crippen LogP contribution in [0.3, 0.4) is 0 Å². The molecule has 0 spiro atoms. The molecule has 2 heterocycles. The maximum absolute atomic E-state index is 13.2. The van der Waals surface area contributed by atoms with Gasteiger partial charge in [0.25, 0.3) is 17.7 Å². The van der Waals surface area contributed by atoms with E-state index in [-0.39, 0.29) is 18.1 Å². The number of rotatable bonds is 5. The Kier molecular flexibility index (Phi) is 6.29. The topological polar surface area (TPSA) is 128 Å². The van der Waals surface area contributed by atoms with Gasteiger partial charge in [0.05, 0.1) is 36.7 Å². The van der Waals surface area contributed by atoms with Crippen LogP contribution in [0, 0.1) is 0 Å². The van der Waals surface area contributed by atoms with Crippen molar-refractivity contribution in [3.05, 3.63) is 77.9 Å². The number of carbonyl (C=O) groups is 3. The van der Waals surface area contributed by atoms with Crippen LogP contribution < -0.4 is 30.4 Å². The van der Waals surface area contributed by atoms with Crippen molar-refractivity contribution in [3.8, 4) is 28.5 Å². The highest BCUT2D eigenvalue weighted by Crippen LogP contribution is 2.33. The van der Waals surface area contributed by atoms with E-state index in [1.807, 2.05) is 12.1 Å². The second-order valence-electron chi connectivity index (χ2n) is 8.10. The molecule has 1 aliphatic heterocycles. The Morgan fingerprint density at radius 1 is 0.919 bits per heavy atom. The maximum Gasteiger partial charge on any atom is 0.270 e. The number of hydrogen-bond donors (Lipinski definition) is 3. The molecule has 0 radical (unpaired) electrons. The van der Waals surface area contributed by atoms with Gasteiger partial charge in [0.15, 0.2) is 18.1 Å². The average Bonchev–Trinajstić information content (AvgIpc) is 2.94. The molecule has 0 saturated heterocycles. The van der Waals surface area contributed by atoms with E-state index in [1.165, 1.54) is 12.1 Å². The lowest BCUT2D eigenvalue weighted by molar-refractivity contribution is -0.118. The molecule has 3 N–H and O–H groups in total. The zero-order valence-corrected chi connectivity index (χ0v) is 20.0. The van der Waals surface area contributed by atoms with Gasteiger partial charge in [-0.05, 0) is 48.5 Å². The first kappa shape index (κ1) is 23.6. The smallest absolute Gasteiger partial charge is 0.270 e. The van der Waals surface area contributed by atoms with Crippen LogP contribution in [0.1, 0.15) is 20.7 Å². The summed E-state index contributed by atoms with van der Waals surface area (Å²) in [6.07, 6.45) is 0. The minimum Gasteiger partial charge on any atom is -0.493 e. The van der Waals surface area contributed by atoms with Crippen molar-refractivity contribution in [2.75, 3.05) is 26.1 Å². The highest BCUT2D eigenvalue weighted by atomic mass is 16.5. The summed E-state index contributed by atoms with van der Waals surface area (Å²) in [6, 6.07) is 18.8. The quantitative estimate of drug-likeness (QED) is 0.360. The third kappa shape index (κ3) is 4.72. The molecule has 3 amide bonds. The van der Waals surface area contributed by atoms with Gasteiger partial charge in [0.1, 0.15) is 5.75 Å². The van der Waals surface area contributed by atoms with Gasteiger partial charge < -0.3 is 19.5 Å². The predicted molar refractivity (Wildman–Crippen MR) is 136 cm³/mol. The molecular weight excluding hydrogens is 476 g/mol. The van der Waals surface area contributed by atoms with E-state index in [0.29, 0.717) is 45.1 Å². The molecule has 4 aromatic rings. The number of hydrazine groups is 1. The second kappa shape index (κ2) is 9.86. The number of methoxy groups -OCH3 is 2. The normalized spacial score (nSPS) is 12.1.